The lowest BCUT2D eigenvalue weighted by molar-refractivity contribution is 0.0109. The van der Waals surface area contributed by atoms with Gasteiger partial charge in [0.25, 0.3) is 5.91 Å². The van der Waals surface area contributed by atoms with Crippen LogP contribution in [0, 0.1) is 5.41 Å². The second-order valence-electron chi connectivity index (χ2n) is 7.67. The normalized spacial score (nSPS) is 21.7. The Morgan fingerprint density at radius 1 is 1.15 bits per heavy atom. The highest BCUT2D eigenvalue weighted by molar-refractivity contribution is 5.94. The van der Waals surface area contributed by atoms with Crippen molar-refractivity contribution in [2.75, 3.05) is 33.3 Å². The Labute approximate surface area is 154 Å². The topological polar surface area (TPSA) is 45.7 Å². The van der Waals surface area contributed by atoms with Crippen LogP contribution in [0.25, 0.3) is 0 Å². The average Bonchev–Trinajstić information content (AvgIpc) is 2.98. The van der Waals surface area contributed by atoms with E-state index in [1.807, 2.05) is 23.1 Å². The van der Waals surface area contributed by atoms with Crippen LogP contribution in [0.2, 0.25) is 0 Å². The van der Waals surface area contributed by atoms with E-state index in [4.69, 9.17) is 4.74 Å². The van der Waals surface area contributed by atoms with Gasteiger partial charge < -0.3 is 14.5 Å². The van der Waals surface area contributed by atoms with Gasteiger partial charge in [-0.25, -0.2) is 0 Å². The molecule has 2 fully saturated rings. The van der Waals surface area contributed by atoms with Crippen molar-refractivity contribution in [2.45, 2.75) is 19.1 Å². The third-order valence-corrected chi connectivity index (χ3v) is 5.57. The standard InChI is InChI=1S/C21H25N3O2/c1-23-14-21(11-19(23)13-26-12-17-5-3-2-4-6-17)15-24(16-21)20(25)18-7-9-22-10-8-18/h2-10,19H,11-16H2,1H3. The minimum atomic E-state index is 0.115. The molecule has 0 saturated carbocycles. The molecule has 26 heavy (non-hydrogen) atoms. The van der Waals surface area contributed by atoms with Crippen molar-refractivity contribution in [3.05, 3.63) is 66.0 Å². The molecule has 136 valence electrons. The molecule has 5 nitrogen and oxygen atoms in total. The smallest absolute Gasteiger partial charge is 0.254 e. The molecule has 2 aliphatic heterocycles. The number of benzene rings is 1. The summed E-state index contributed by atoms with van der Waals surface area (Å²) in [5.74, 6) is 0.115. The zero-order chi connectivity index (χ0) is 18.0. The lowest BCUT2D eigenvalue weighted by Gasteiger charge is -2.48. The van der Waals surface area contributed by atoms with E-state index in [0.29, 0.717) is 12.6 Å². The maximum Gasteiger partial charge on any atom is 0.254 e. The van der Waals surface area contributed by atoms with Crippen LogP contribution >= 0.6 is 0 Å². The number of nitrogens with zero attached hydrogens (tertiary/aromatic N) is 3. The number of aromatic nitrogens is 1. The fourth-order valence-electron chi connectivity index (χ4n) is 4.26. The minimum absolute atomic E-state index is 0.115. The van der Waals surface area contributed by atoms with Crippen molar-refractivity contribution in [3.8, 4) is 0 Å². The van der Waals surface area contributed by atoms with E-state index < -0.39 is 0 Å². The van der Waals surface area contributed by atoms with E-state index in [9.17, 15) is 4.79 Å². The number of carbonyl (C=O) groups is 1. The Morgan fingerprint density at radius 2 is 1.88 bits per heavy atom. The average molecular weight is 351 g/mol. The van der Waals surface area contributed by atoms with Crippen LogP contribution in [-0.4, -0.2) is 60.0 Å². The summed E-state index contributed by atoms with van der Waals surface area (Å²) in [5, 5.41) is 0. The fourth-order valence-corrected chi connectivity index (χ4v) is 4.26. The molecule has 2 aromatic rings. The predicted octanol–water partition coefficient (Wildman–Crippen LogP) is 2.44. The molecule has 4 rings (SSSR count). The van der Waals surface area contributed by atoms with Gasteiger partial charge in [-0.1, -0.05) is 30.3 Å². The molecule has 3 heterocycles. The van der Waals surface area contributed by atoms with Crippen molar-refractivity contribution in [1.29, 1.82) is 0 Å². The first-order valence-corrected chi connectivity index (χ1v) is 9.16. The lowest BCUT2D eigenvalue weighted by Crippen LogP contribution is -2.59. The number of carbonyl (C=O) groups excluding carboxylic acids is 1. The summed E-state index contributed by atoms with van der Waals surface area (Å²) < 4.78 is 5.95. The van der Waals surface area contributed by atoms with Gasteiger partial charge in [0.05, 0.1) is 13.2 Å². The van der Waals surface area contributed by atoms with Crippen LogP contribution in [0.15, 0.2) is 54.9 Å². The Morgan fingerprint density at radius 3 is 2.62 bits per heavy atom. The highest BCUT2D eigenvalue weighted by atomic mass is 16.5. The summed E-state index contributed by atoms with van der Waals surface area (Å²) in [6, 6.07) is 14.3. The first-order chi connectivity index (χ1) is 12.7. The van der Waals surface area contributed by atoms with E-state index in [1.165, 1.54) is 5.56 Å². The van der Waals surface area contributed by atoms with Gasteiger partial charge in [0, 0.05) is 49.0 Å². The first-order valence-electron chi connectivity index (χ1n) is 9.16. The summed E-state index contributed by atoms with van der Waals surface area (Å²) in [7, 11) is 2.17. The van der Waals surface area contributed by atoms with E-state index in [1.54, 1.807) is 24.5 Å². The fraction of sp³-hybridized carbons (Fsp3) is 0.429. The molecule has 0 N–H and O–H groups in total. The Balaban J connectivity index is 1.27. The molecule has 0 radical (unpaired) electrons. The number of hydrogen-bond donors (Lipinski definition) is 0. The molecule has 2 aliphatic rings. The second-order valence-corrected chi connectivity index (χ2v) is 7.67. The van der Waals surface area contributed by atoms with Crippen molar-refractivity contribution in [2.24, 2.45) is 5.41 Å². The molecule has 1 atom stereocenters. The van der Waals surface area contributed by atoms with E-state index in [0.717, 1.165) is 38.2 Å². The summed E-state index contributed by atoms with van der Waals surface area (Å²) in [4.78, 5) is 20.8. The van der Waals surface area contributed by atoms with Gasteiger partial charge in [-0.2, -0.15) is 0 Å². The number of ether oxygens (including phenoxy) is 1. The van der Waals surface area contributed by atoms with Gasteiger partial charge in [0.15, 0.2) is 0 Å². The molecule has 0 aliphatic carbocycles. The maximum absolute atomic E-state index is 12.5. The maximum atomic E-state index is 12.5. The monoisotopic (exact) mass is 351 g/mol. The van der Waals surface area contributed by atoms with Crippen LogP contribution in [0.1, 0.15) is 22.3 Å². The summed E-state index contributed by atoms with van der Waals surface area (Å²) in [5.41, 5.74) is 2.17. The quantitative estimate of drug-likeness (QED) is 0.830. The summed E-state index contributed by atoms with van der Waals surface area (Å²) in [6.07, 6.45) is 4.44. The van der Waals surface area contributed by atoms with Crippen molar-refractivity contribution in [1.82, 2.24) is 14.8 Å². The molecule has 1 amide bonds. The number of hydrogen-bond acceptors (Lipinski definition) is 4. The predicted molar refractivity (Wildman–Crippen MR) is 99.7 cm³/mol. The van der Waals surface area contributed by atoms with Crippen LogP contribution < -0.4 is 0 Å². The third kappa shape index (κ3) is 3.50. The number of likely N-dealkylation sites (N-methyl/N-ethyl adjacent to an activating group) is 1. The van der Waals surface area contributed by atoms with Crippen LogP contribution in [0.5, 0.6) is 0 Å². The summed E-state index contributed by atoms with van der Waals surface area (Å²) >= 11 is 0. The van der Waals surface area contributed by atoms with Crippen molar-refractivity contribution >= 4 is 5.91 Å². The molecule has 5 heteroatoms. The number of rotatable bonds is 5. The van der Waals surface area contributed by atoms with Crippen LogP contribution in [0.3, 0.4) is 0 Å². The third-order valence-electron chi connectivity index (χ3n) is 5.57. The molecule has 1 spiro atoms. The van der Waals surface area contributed by atoms with Crippen LogP contribution in [0.4, 0.5) is 0 Å². The molecule has 0 bridgehead atoms. The zero-order valence-electron chi connectivity index (χ0n) is 15.2. The minimum Gasteiger partial charge on any atom is -0.375 e. The molecule has 1 unspecified atom stereocenters. The number of likely N-dealkylation sites (tertiary alicyclic amines) is 2. The molecule has 2 saturated heterocycles. The van der Waals surface area contributed by atoms with Gasteiger partial charge in [0.1, 0.15) is 0 Å². The van der Waals surface area contributed by atoms with E-state index in [-0.39, 0.29) is 11.3 Å². The van der Waals surface area contributed by atoms with Crippen LogP contribution in [-0.2, 0) is 11.3 Å². The molecular formula is C21H25N3O2. The van der Waals surface area contributed by atoms with Gasteiger partial charge in [-0.05, 0) is 31.2 Å². The first kappa shape index (κ1) is 17.2. The molecule has 1 aromatic carbocycles. The van der Waals surface area contributed by atoms with Gasteiger partial charge >= 0.3 is 0 Å². The van der Waals surface area contributed by atoms with Gasteiger partial charge in [-0.15, -0.1) is 0 Å². The lowest BCUT2D eigenvalue weighted by atomic mass is 9.77. The second kappa shape index (κ2) is 7.17. The zero-order valence-corrected chi connectivity index (χ0v) is 15.2. The van der Waals surface area contributed by atoms with E-state index >= 15 is 0 Å². The Bertz CT molecular complexity index is 744. The number of pyridine rings is 1. The molecule has 1 aromatic heterocycles. The molecular weight excluding hydrogens is 326 g/mol. The highest BCUT2D eigenvalue weighted by Crippen LogP contribution is 2.42. The van der Waals surface area contributed by atoms with Gasteiger partial charge in [-0.3, -0.25) is 9.78 Å². The van der Waals surface area contributed by atoms with Crippen molar-refractivity contribution < 1.29 is 9.53 Å². The van der Waals surface area contributed by atoms with Crippen molar-refractivity contribution in [3.63, 3.8) is 0 Å². The largest absolute Gasteiger partial charge is 0.375 e. The summed E-state index contributed by atoms with van der Waals surface area (Å²) in [6.45, 7) is 4.12. The van der Waals surface area contributed by atoms with Gasteiger partial charge in [0.2, 0.25) is 0 Å². The SMILES string of the molecule is CN1CC2(CC1COCc1ccccc1)CN(C(=O)c1ccncc1)C2. The highest BCUT2D eigenvalue weighted by Gasteiger charge is 2.51. The Hall–Kier alpha value is -2.24. The number of amides is 1. The Kier molecular flexibility index (Phi) is 4.74. The van der Waals surface area contributed by atoms with E-state index in [2.05, 4.69) is 29.1 Å².